The van der Waals surface area contributed by atoms with Gasteiger partial charge in [0, 0.05) is 17.6 Å². The molecular weight excluding hydrogens is 574 g/mol. The van der Waals surface area contributed by atoms with Crippen LogP contribution in [0.3, 0.4) is 0 Å². The molecule has 1 unspecified atom stereocenters. The van der Waals surface area contributed by atoms with Gasteiger partial charge in [0.25, 0.3) is 10.0 Å². The van der Waals surface area contributed by atoms with E-state index >= 15 is 0 Å². The van der Waals surface area contributed by atoms with Gasteiger partial charge in [0.2, 0.25) is 11.8 Å². The number of aryl methyl sites for hydroxylation is 1. The lowest BCUT2D eigenvalue weighted by Crippen LogP contribution is -2.53. The van der Waals surface area contributed by atoms with Crippen LogP contribution < -0.4 is 14.4 Å². The molecular formula is C32H38ClN3O5S. The summed E-state index contributed by atoms with van der Waals surface area (Å²) in [5, 5.41) is 3.52. The van der Waals surface area contributed by atoms with Crippen molar-refractivity contribution in [1.29, 1.82) is 0 Å². The molecule has 3 aromatic rings. The molecule has 1 fully saturated rings. The molecule has 8 nitrogen and oxygen atoms in total. The molecule has 0 heterocycles. The number of sulfonamides is 1. The molecule has 0 aromatic heterocycles. The Hall–Kier alpha value is -3.56. The number of nitrogens with one attached hydrogen (secondary N) is 1. The van der Waals surface area contributed by atoms with Crippen LogP contribution in [-0.4, -0.2) is 50.9 Å². The molecule has 0 radical (unpaired) electrons. The minimum Gasteiger partial charge on any atom is -0.497 e. The number of methoxy groups -OCH3 is 1. The minimum absolute atomic E-state index is 0.00717. The SMILES string of the molecule is COc1ccc(CN(C(=O)CN(c2ccccc2C)S(=O)(=O)c2ccc(Cl)cc2)C(C)C(=O)NC2CCCCC2)cc1. The van der Waals surface area contributed by atoms with Gasteiger partial charge in [0.05, 0.1) is 17.7 Å². The van der Waals surface area contributed by atoms with Crippen LogP contribution in [0.25, 0.3) is 0 Å². The zero-order valence-electron chi connectivity index (χ0n) is 24.3. The number of nitrogens with zero attached hydrogens (tertiary/aromatic N) is 2. The van der Waals surface area contributed by atoms with E-state index in [0.717, 1.165) is 42.0 Å². The Morgan fingerprint density at radius 2 is 1.62 bits per heavy atom. The first-order valence-electron chi connectivity index (χ1n) is 14.2. The molecule has 4 rings (SSSR count). The van der Waals surface area contributed by atoms with E-state index in [2.05, 4.69) is 5.32 Å². The number of hydrogen-bond acceptors (Lipinski definition) is 5. The third kappa shape index (κ3) is 7.63. The van der Waals surface area contributed by atoms with Gasteiger partial charge >= 0.3 is 0 Å². The second-order valence-electron chi connectivity index (χ2n) is 10.6. The zero-order chi connectivity index (χ0) is 30.3. The van der Waals surface area contributed by atoms with Crippen LogP contribution in [0.2, 0.25) is 5.02 Å². The summed E-state index contributed by atoms with van der Waals surface area (Å²) in [5.41, 5.74) is 1.85. The smallest absolute Gasteiger partial charge is 0.264 e. The van der Waals surface area contributed by atoms with Crippen LogP contribution in [0.5, 0.6) is 5.75 Å². The van der Waals surface area contributed by atoms with E-state index in [4.69, 9.17) is 16.3 Å². The molecule has 1 atom stereocenters. The molecule has 1 N–H and O–H groups in total. The number of rotatable bonds is 11. The van der Waals surface area contributed by atoms with Crippen LogP contribution >= 0.6 is 11.6 Å². The van der Waals surface area contributed by atoms with E-state index in [1.54, 1.807) is 57.4 Å². The molecule has 10 heteroatoms. The number of carbonyl (C=O) groups is 2. The maximum absolute atomic E-state index is 14.1. The quantitative estimate of drug-likeness (QED) is 0.299. The number of benzene rings is 3. The van der Waals surface area contributed by atoms with Crippen molar-refractivity contribution in [2.75, 3.05) is 18.0 Å². The Kier molecular flexibility index (Phi) is 10.5. The lowest BCUT2D eigenvalue weighted by atomic mass is 9.95. The average Bonchev–Trinajstić information content (AvgIpc) is 2.99. The summed E-state index contributed by atoms with van der Waals surface area (Å²) in [7, 11) is -2.59. The largest absolute Gasteiger partial charge is 0.497 e. The van der Waals surface area contributed by atoms with Crippen molar-refractivity contribution >= 4 is 39.1 Å². The van der Waals surface area contributed by atoms with Crippen molar-refractivity contribution in [1.82, 2.24) is 10.2 Å². The maximum atomic E-state index is 14.1. The Morgan fingerprint density at radius 3 is 2.24 bits per heavy atom. The number of para-hydroxylation sites is 1. The van der Waals surface area contributed by atoms with Gasteiger partial charge in [-0.1, -0.05) is 61.2 Å². The first-order valence-corrected chi connectivity index (χ1v) is 16.0. The van der Waals surface area contributed by atoms with E-state index in [0.29, 0.717) is 22.0 Å². The first kappa shape index (κ1) is 31.4. The summed E-state index contributed by atoms with van der Waals surface area (Å²) < 4.78 is 34.3. The van der Waals surface area contributed by atoms with E-state index in [-0.39, 0.29) is 23.4 Å². The summed E-state index contributed by atoms with van der Waals surface area (Å²) in [6.07, 6.45) is 5.08. The summed E-state index contributed by atoms with van der Waals surface area (Å²) >= 11 is 6.02. The van der Waals surface area contributed by atoms with Gasteiger partial charge in [-0.15, -0.1) is 0 Å². The predicted molar refractivity (Wildman–Crippen MR) is 165 cm³/mol. The molecule has 1 aliphatic rings. The lowest BCUT2D eigenvalue weighted by Gasteiger charge is -2.33. The van der Waals surface area contributed by atoms with Gasteiger partial charge in [0.15, 0.2) is 0 Å². The lowest BCUT2D eigenvalue weighted by molar-refractivity contribution is -0.139. The summed E-state index contributed by atoms with van der Waals surface area (Å²) in [5.74, 6) is -0.0934. The Labute approximate surface area is 253 Å². The van der Waals surface area contributed by atoms with Gasteiger partial charge in [-0.2, -0.15) is 0 Å². The number of amides is 2. The number of anilines is 1. The molecule has 224 valence electrons. The Morgan fingerprint density at radius 1 is 0.976 bits per heavy atom. The molecule has 42 heavy (non-hydrogen) atoms. The second kappa shape index (κ2) is 14.1. The second-order valence-corrected chi connectivity index (χ2v) is 12.9. The summed E-state index contributed by atoms with van der Waals surface area (Å²) in [6, 6.07) is 19.3. The fourth-order valence-electron chi connectivity index (χ4n) is 5.17. The molecule has 0 saturated heterocycles. The van der Waals surface area contributed by atoms with Crippen LogP contribution in [0.4, 0.5) is 5.69 Å². The van der Waals surface area contributed by atoms with Crippen LogP contribution in [0.15, 0.2) is 77.7 Å². The van der Waals surface area contributed by atoms with Crippen LogP contribution in [0, 0.1) is 6.92 Å². The highest BCUT2D eigenvalue weighted by Gasteiger charge is 2.33. The molecule has 1 aliphatic carbocycles. The van der Waals surface area contributed by atoms with E-state index in [1.165, 1.54) is 29.2 Å². The Balaban J connectivity index is 1.68. The third-order valence-corrected chi connectivity index (χ3v) is 9.72. The highest BCUT2D eigenvalue weighted by molar-refractivity contribution is 7.92. The number of halogens is 1. The summed E-state index contributed by atoms with van der Waals surface area (Å²) in [6.45, 7) is 3.10. The standard InChI is InChI=1S/C32H38ClN3O5S/c1-23-9-7-8-12-30(23)36(42(39,40)29-19-15-26(33)16-20-29)22-31(37)35(21-25-13-17-28(41-3)18-14-25)24(2)32(38)34-27-10-5-4-6-11-27/h7-9,12-20,24,27H,4-6,10-11,21-22H2,1-3H3,(H,34,38). The molecule has 3 aromatic carbocycles. The summed E-state index contributed by atoms with van der Waals surface area (Å²) in [4.78, 5) is 29.0. The van der Waals surface area contributed by atoms with Crippen molar-refractivity contribution in [2.45, 2.75) is 69.5 Å². The maximum Gasteiger partial charge on any atom is 0.264 e. The zero-order valence-corrected chi connectivity index (χ0v) is 25.8. The van der Waals surface area contributed by atoms with Gasteiger partial charge in [-0.3, -0.25) is 13.9 Å². The van der Waals surface area contributed by atoms with E-state index in [1.807, 2.05) is 12.1 Å². The molecule has 2 amide bonds. The fraction of sp³-hybridized carbons (Fsp3) is 0.375. The third-order valence-electron chi connectivity index (χ3n) is 7.70. The molecule has 1 saturated carbocycles. The monoisotopic (exact) mass is 611 g/mol. The highest BCUT2D eigenvalue weighted by Crippen LogP contribution is 2.28. The van der Waals surface area contributed by atoms with Crippen molar-refractivity contribution in [2.24, 2.45) is 0 Å². The van der Waals surface area contributed by atoms with Crippen molar-refractivity contribution in [3.8, 4) is 5.75 Å². The van der Waals surface area contributed by atoms with Gasteiger partial charge < -0.3 is 15.0 Å². The predicted octanol–water partition coefficient (Wildman–Crippen LogP) is 5.72. The van der Waals surface area contributed by atoms with Crippen LogP contribution in [0.1, 0.15) is 50.2 Å². The molecule has 0 bridgehead atoms. The van der Waals surface area contributed by atoms with E-state index in [9.17, 15) is 18.0 Å². The number of carbonyl (C=O) groups excluding carboxylic acids is 2. The van der Waals surface area contributed by atoms with Crippen molar-refractivity contribution in [3.05, 3.63) is 88.9 Å². The number of hydrogen-bond donors (Lipinski definition) is 1. The topological polar surface area (TPSA) is 96.0 Å². The minimum atomic E-state index is -4.16. The van der Waals surface area contributed by atoms with Crippen LogP contribution in [-0.2, 0) is 26.2 Å². The van der Waals surface area contributed by atoms with E-state index < -0.39 is 28.5 Å². The first-order chi connectivity index (χ1) is 20.1. The average molecular weight is 612 g/mol. The molecule has 0 aliphatic heterocycles. The van der Waals surface area contributed by atoms with Gasteiger partial charge in [-0.05, 0) is 80.3 Å². The van der Waals surface area contributed by atoms with Gasteiger partial charge in [0.1, 0.15) is 18.3 Å². The van der Waals surface area contributed by atoms with Crippen molar-refractivity contribution in [3.63, 3.8) is 0 Å². The van der Waals surface area contributed by atoms with Gasteiger partial charge in [-0.25, -0.2) is 8.42 Å². The highest BCUT2D eigenvalue weighted by atomic mass is 35.5. The Bertz CT molecular complexity index is 1470. The normalized spacial score (nSPS) is 14.6. The molecule has 0 spiro atoms. The van der Waals surface area contributed by atoms with Crippen molar-refractivity contribution < 1.29 is 22.7 Å². The fourth-order valence-corrected chi connectivity index (χ4v) is 6.77. The number of ether oxygens (including phenoxy) is 1.